The Labute approximate surface area is 312 Å². The second-order valence-electron chi connectivity index (χ2n) is 14.8. The van der Waals surface area contributed by atoms with Crippen LogP contribution < -0.4 is 14.7 Å². The van der Waals surface area contributed by atoms with Crippen LogP contribution in [0.5, 0.6) is 0 Å². The molecule has 4 aliphatic rings. The van der Waals surface area contributed by atoms with Gasteiger partial charge in [-0.25, -0.2) is 0 Å². The number of aromatic nitrogens is 3. The second kappa shape index (κ2) is 14.0. The van der Waals surface area contributed by atoms with E-state index < -0.39 is 56.0 Å². The van der Waals surface area contributed by atoms with Crippen molar-refractivity contribution < 1.29 is 47.4 Å². The SMILES string of the molecule is CC(=O)OC1CC(=O)N1c1ccc(CN2C(=O)[C@@]3(O[C@@H](CCn4cc(CCO)nn4)[C@H]([Si](C)(C)F)[C@H]3C)c3cc(N4C(=O)CC4OC(C)=O)ccc32)cc1. The highest BCUT2D eigenvalue weighted by Crippen LogP contribution is 2.61. The van der Waals surface area contributed by atoms with Gasteiger partial charge in [0.1, 0.15) is 0 Å². The molecule has 1 N–H and O–H groups in total. The third-order valence-corrected chi connectivity index (χ3v) is 13.2. The van der Waals surface area contributed by atoms with Crippen molar-refractivity contribution >= 4 is 55.1 Å². The number of carbonyl (C=O) groups excluding carboxylic acids is 5. The van der Waals surface area contributed by atoms with E-state index in [1.54, 1.807) is 71.3 Å². The van der Waals surface area contributed by atoms with Gasteiger partial charge in [-0.15, -0.1) is 5.10 Å². The molecule has 5 heterocycles. The number of amides is 3. The average Bonchev–Trinajstić information content (AvgIpc) is 3.73. The summed E-state index contributed by atoms with van der Waals surface area (Å²) >= 11 is 0. The van der Waals surface area contributed by atoms with Gasteiger partial charge in [0.15, 0.2) is 18.1 Å². The van der Waals surface area contributed by atoms with Crippen molar-refractivity contribution in [2.45, 2.75) is 102 Å². The quantitative estimate of drug-likeness (QED) is 0.124. The highest BCUT2D eigenvalue weighted by Gasteiger charge is 2.67. The summed E-state index contributed by atoms with van der Waals surface area (Å²) in [6, 6.07) is 12.2. The molecular formula is C37H43FN6O9Si. The molecule has 0 aliphatic carbocycles. The molecule has 0 bridgehead atoms. The van der Waals surface area contributed by atoms with E-state index >= 15 is 8.90 Å². The monoisotopic (exact) mass is 762 g/mol. The summed E-state index contributed by atoms with van der Waals surface area (Å²) in [5.74, 6) is -2.45. The van der Waals surface area contributed by atoms with Crippen LogP contribution in [0.4, 0.5) is 21.2 Å². The topological polar surface area (TPSA) is 174 Å². The van der Waals surface area contributed by atoms with Gasteiger partial charge in [0, 0.05) is 68.0 Å². The fourth-order valence-corrected chi connectivity index (χ4v) is 11.0. The summed E-state index contributed by atoms with van der Waals surface area (Å²) in [7, 11) is -3.50. The van der Waals surface area contributed by atoms with Gasteiger partial charge in [-0.05, 0) is 55.4 Å². The summed E-state index contributed by atoms with van der Waals surface area (Å²) < 4.78 is 35.6. The maximum absolute atomic E-state index is 16.5. The van der Waals surface area contributed by atoms with Crippen molar-refractivity contribution in [1.82, 2.24) is 15.0 Å². The Morgan fingerprint density at radius 2 is 1.59 bits per heavy atom. The predicted octanol–water partition coefficient (Wildman–Crippen LogP) is 3.48. The third-order valence-electron chi connectivity index (χ3n) is 10.8. The number of esters is 2. The number of nitrogens with zero attached hydrogens (tertiary/aromatic N) is 6. The molecule has 3 aromatic rings. The van der Waals surface area contributed by atoms with Crippen LogP contribution in [-0.4, -0.2) is 83.3 Å². The van der Waals surface area contributed by atoms with Gasteiger partial charge in [0.25, 0.3) is 5.91 Å². The van der Waals surface area contributed by atoms with E-state index in [1.807, 2.05) is 6.92 Å². The first-order valence-corrected chi connectivity index (χ1v) is 21.0. The van der Waals surface area contributed by atoms with Crippen LogP contribution in [0.3, 0.4) is 0 Å². The van der Waals surface area contributed by atoms with E-state index in [0.29, 0.717) is 47.7 Å². The van der Waals surface area contributed by atoms with Gasteiger partial charge in [0.05, 0.1) is 36.9 Å². The largest absolute Gasteiger partial charge is 0.441 e. The van der Waals surface area contributed by atoms with Crippen molar-refractivity contribution in [3.63, 3.8) is 0 Å². The fourth-order valence-electron chi connectivity index (χ4n) is 8.46. The van der Waals surface area contributed by atoms with Gasteiger partial charge in [-0.2, -0.15) is 0 Å². The van der Waals surface area contributed by atoms with Crippen LogP contribution in [0, 0.1) is 5.92 Å². The number of benzene rings is 2. The summed E-state index contributed by atoms with van der Waals surface area (Å²) in [6.45, 7) is 8.02. The second-order valence-corrected chi connectivity index (χ2v) is 18.6. The summed E-state index contributed by atoms with van der Waals surface area (Å²) in [5, 5.41) is 17.6. The van der Waals surface area contributed by atoms with Crippen LogP contribution in [0.25, 0.3) is 0 Å². The molecule has 3 amide bonds. The summed E-state index contributed by atoms with van der Waals surface area (Å²) in [6.07, 6.45) is 0.380. The number of anilines is 3. The molecule has 54 heavy (non-hydrogen) atoms. The minimum atomic E-state index is -3.50. The molecule has 6 atom stereocenters. The Bertz CT molecular complexity index is 2000. The standard InChI is InChI=1S/C37H43FN6O9Si/c1-21-35(54(4,5)38)30(12-14-41-20-25(13-15-45)39-40-41)53-37(21)28-16-27(44-32(49)18-34(44)52-23(3)47)10-11-29(28)42(36(37)50)19-24-6-8-26(9-7-24)43-31(48)17-33(43)51-22(2)46/h6-11,16,20-21,30,33-35,45H,12-15,17-19H2,1-5H3/t21-,30+,33?,34?,35-,37+/m1/s1. The molecule has 4 aliphatic heterocycles. The maximum Gasteiger partial charge on any atom is 0.304 e. The van der Waals surface area contributed by atoms with Crippen LogP contribution >= 0.6 is 0 Å². The number of aliphatic hydroxyl groups is 1. The van der Waals surface area contributed by atoms with E-state index in [1.165, 1.54) is 23.6 Å². The van der Waals surface area contributed by atoms with Crippen LogP contribution in [-0.2, 0) is 63.3 Å². The fraction of sp³-hybridized carbons (Fsp3) is 0.486. The lowest BCUT2D eigenvalue weighted by molar-refractivity contribution is -0.155. The van der Waals surface area contributed by atoms with Gasteiger partial charge in [0.2, 0.25) is 20.2 Å². The summed E-state index contributed by atoms with van der Waals surface area (Å²) in [5.41, 5.74) is 1.13. The Hall–Kier alpha value is -5.00. The van der Waals surface area contributed by atoms with Crippen LogP contribution in [0.1, 0.15) is 56.9 Å². The van der Waals surface area contributed by atoms with E-state index in [2.05, 4.69) is 10.3 Å². The number of hydrogen-bond acceptors (Lipinski definition) is 11. The number of β-lactam (4-membered cyclic amide) rings is 2. The highest BCUT2D eigenvalue weighted by atomic mass is 28.4. The first-order valence-electron chi connectivity index (χ1n) is 18.0. The smallest absolute Gasteiger partial charge is 0.304 e. The van der Waals surface area contributed by atoms with Crippen molar-refractivity contribution in [3.8, 4) is 0 Å². The van der Waals surface area contributed by atoms with Crippen LogP contribution in [0.2, 0.25) is 18.6 Å². The molecule has 2 aromatic carbocycles. The van der Waals surface area contributed by atoms with Crippen molar-refractivity contribution in [2.24, 2.45) is 5.92 Å². The molecule has 0 radical (unpaired) electrons. The molecule has 17 heteroatoms. The van der Waals surface area contributed by atoms with Gasteiger partial charge in [-0.3, -0.25) is 38.5 Å². The number of fused-ring (bicyclic) bond motifs is 2. The van der Waals surface area contributed by atoms with E-state index in [0.717, 1.165) is 5.56 Å². The molecule has 286 valence electrons. The first kappa shape index (κ1) is 37.3. The highest BCUT2D eigenvalue weighted by molar-refractivity contribution is 6.72. The minimum absolute atomic E-state index is 0.0223. The number of aryl methyl sites for hydroxylation is 1. The lowest BCUT2D eigenvalue weighted by atomic mass is 9.82. The molecule has 7 rings (SSSR count). The Balaban J connectivity index is 1.24. The molecule has 1 spiro atoms. The van der Waals surface area contributed by atoms with Crippen molar-refractivity contribution in [3.05, 3.63) is 65.5 Å². The Morgan fingerprint density at radius 1 is 0.981 bits per heavy atom. The number of halogens is 1. The van der Waals surface area contributed by atoms with Gasteiger partial charge >= 0.3 is 11.9 Å². The lowest BCUT2D eigenvalue weighted by Gasteiger charge is -2.39. The zero-order valence-electron chi connectivity index (χ0n) is 30.7. The van der Waals surface area contributed by atoms with Crippen molar-refractivity contribution in [2.75, 3.05) is 21.3 Å². The minimum Gasteiger partial charge on any atom is -0.441 e. The first-order chi connectivity index (χ1) is 25.6. The number of carbonyl (C=O) groups is 5. The number of rotatable bonds is 12. The zero-order valence-corrected chi connectivity index (χ0v) is 31.7. The molecule has 1 aromatic heterocycles. The zero-order chi connectivity index (χ0) is 38.7. The molecule has 3 saturated heterocycles. The lowest BCUT2D eigenvalue weighted by Crippen LogP contribution is -2.55. The molecule has 0 saturated carbocycles. The Morgan fingerprint density at radius 3 is 2.17 bits per heavy atom. The van der Waals surface area contributed by atoms with Gasteiger partial charge in [-0.1, -0.05) is 24.3 Å². The predicted molar refractivity (Wildman–Crippen MR) is 193 cm³/mol. The molecular weight excluding hydrogens is 720 g/mol. The molecule has 2 unspecified atom stereocenters. The van der Waals surface area contributed by atoms with E-state index in [-0.39, 0.29) is 43.7 Å². The van der Waals surface area contributed by atoms with E-state index in [9.17, 15) is 24.3 Å². The third kappa shape index (κ3) is 6.47. The normalized spacial score (nSPS) is 26.2. The number of hydrogen-bond donors (Lipinski definition) is 1. The van der Waals surface area contributed by atoms with E-state index in [4.69, 9.17) is 14.2 Å². The molecule has 3 fully saturated rings. The Kier molecular flexibility index (Phi) is 9.68. The maximum atomic E-state index is 16.5. The van der Waals surface area contributed by atoms with Crippen LogP contribution in [0.15, 0.2) is 48.7 Å². The average molecular weight is 763 g/mol. The summed E-state index contributed by atoms with van der Waals surface area (Å²) in [4.78, 5) is 68.0. The molecule has 15 nitrogen and oxygen atoms in total. The van der Waals surface area contributed by atoms with Crippen molar-refractivity contribution in [1.29, 1.82) is 0 Å². The van der Waals surface area contributed by atoms with Gasteiger partial charge < -0.3 is 28.3 Å². The number of aliphatic hydroxyl groups excluding tert-OH is 1. The number of ether oxygens (including phenoxy) is 3.